The molecule has 0 bridgehead atoms. The van der Waals surface area contributed by atoms with E-state index in [1.807, 2.05) is 0 Å². The standard InChI is InChI=1S/C11H8BrFN2O3/c12-10-6(2-1-3-7(10)13)11(18)15-4-8(16)14-9(17)5-15/h1-3H,4-5H2,(H,14,16,17). The minimum atomic E-state index is -0.575. The summed E-state index contributed by atoms with van der Waals surface area (Å²) in [4.78, 5) is 35.5. The number of imide groups is 1. The fourth-order valence-electron chi connectivity index (χ4n) is 1.62. The number of carbonyl (C=O) groups excluding carboxylic acids is 3. The fourth-order valence-corrected chi connectivity index (χ4v) is 2.05. The first-order chi connectivity index (χ1) is 8.49. The summed E-state index contributed by atoms with van der Waals surface area (Å²) in [7, 11) is 0. The summed E-state index contributed by atoms with van der Waals surface area (Å²) in [5.74, 6) is -2.24. The van der Waals surface area contributed by atoms with Gasteiger partial charge in [-0.25, -0.2) is 4.39 Å². The van der Waals surface area contributed by atoms with Gasteiger partial charge in [-0.3, -0.25) is 19.7 Å². The van der Waals surface area contributed by atoms with Crippen molar-refractivity contribution in [3.8, 4) is 0 Å². The van der Waals surface area contributed by atoms with Crippen LogP contribution in [0, 0.1) is 5.82 Å². The highest BCUT2D eigenvalue weighted by Crippen LogP contribution is 2.22. The molecule has 3 amide bonds. The molecule has 0 aliphatic carbocycles. The Morgan fingerprint density at radius 3 is 2.50 bits per heavy atom. The predicted molar refractivity (Wildman–Crippen MR) is 63.2 cm³/mol. The van der Waals surface area contributed by atoms with Gasteiger partial charge in [0, 0.05) is 0 Å². The Labute approximate surface area is 110 Å². The van der Waals surface area contributed by atoms with E-state index in [1.54, 1.807) is 0 Å². The first-order valence-electron chi connectivity index (χ1n) is 5.05. The number of nitrogens with one attached hydrogen (secondary N) is 1. The fraction of sp³-hybridized carbons (Fsp3) is 0.182. The Hall–Kier alpha value is -1.76. The molecule has 18 heavy (non-hydrogen) atoms. The summed E-state index contributed by atoms with van der Waals surface area (Å²) in [6.45, 7) is -0.430. The molecule has 0 saturated carbocycles. The van der Waals surface area contributed by atoms with Gasteiger partial charge in [0.1, 0.15) is 18.9 Å². The zero-order chi connectivity index (χ0) is 13.3. The molecule has 1 aliphatic heterocycles. The van der Waals surface area contributed by atoms with E-state index in [1.165, 1.54) is 18.2 Å². The van der Waals surface area contributed by atoms with Gasteiger partial charge in [0.05, 0.1) is 10.0 Å². The largest absolute Gasteiger partial charge is 0.320 e. The zero-order valence-electron chi connectivity index (χ0n) is 9.07. The average molecular weight is 315 g/mol. The van der Waals surface area contributed by atoms with Crippen molar-refractivity contribution in [3.05, 3.63) is 34.1 Å². The molecule has 0 unspecified atom stereocenters. The lowest BCUT2D eigenvalue weighted by atomic mass is 10.2. The molecular formula is C11H8BrFN2O3. The Bertz CT molecular complexity index is 531. The third-order valence-corrected chi connectivity index (χ3v) is 3.22. The molecule has 1 fully saturated rings. The molecule has 1 aromatic carbocycles. The molecule has 1 heterocycles. The van der Waals surface area contributed by atoms with E-state index in [0.717, 1.165) is 4.90 Å². The molecule has 1 saturated heterocycles. The number of halogens is 2. The second-order valence-electron chi connectivity index (χ2n) is 3.73. The van der Waals surface area contributed by atoms with Crippen LogP contribution in [0.2, 0.25) is 0 Å². The molecule has 2 rings (SSSR count). The van der Waals surface area contributed by atoms with Crippen LogP contribution in [0.1, 0.15) is 10.4 Å². The molecule has 7 heteroatoms. The van der Waals surface area contributed by atoms with Gasteiger partial charge < -0.3 is 4.90 Å². The molecule has 0 aromatic heterocycles. The SMILES string of the molecule is O=C1CN(C(=O)c2cccc(F)c2Br)CC(=O)N1. The van der Waals surface area contributed by atoms with Crippen molar-refractivity contribution < 1.29 is 18.8 Å². The Morgan fingerprint density at radius 1 is 1.28 bits per heavy atom. The summed E-state index contributed by atoms with van der Waals surface area (Å²) in [6, 6.07) is 4.01. The van der Waals surface area contributed by atoms with Gasteiger partial charge in [-0.2, -0.15) is 0 Å². The van der Waals surface area contributed by atoms with E-state index in [2.05, 4.69) is 21.2 Å². The van der Waals surface area contributed by atoms with Crippen molar-refractivity contribution in [2.45, 2.75) is 0 Å². The molecule has 94 valence electrons. The number of amides is 3. The van der Waals surface area contributed by atoms with Crippen LogP contribution in [0.5, 0.6) is 0 Å². The number of hydrogen-bond acceptors (Lipinski definition) is 3. The highest BCUT2D eigenvalue weighted by molar-refractivity contribution is 9.10. The maximum Gasteiger partial charge on any atom is 0.256 e. The van der Waals surface area contributed by atoms with Crippen LogP contribution in [0.3, 0.4) is 0 Å². The maximum atomic E-state index is 13.3. The highest BCUT2D eigenvalue weighted by Gasteiger charge is 2.28. The Balaban J connectivity index is 2.28. The summed E-state index contributed by atoms with van der Waals surface area (Å²) < 4.78 is 13.3. The molecular weight excluding hydrogens is 307 g/mol. The van der Waals surface area contributed by atoms with Gasteiger partial charge in [-0.05, 0) is 28.1 Å². The Kier molecular flexibility index (Phi) is 3.42. The van der Waals surface area contributed by atoms with E-state index >= 15 is 0 Å². The number of hydrogen-bond donors (Lipinski definition) is 1. The van der Waals surface area contributed by atoms with Gasteiger partial charge in [0.15, 0.2) is 0 Å². The van der Waals surface area contributed by atoms with E-state index in [-0.39, 0.29) is 23.1 Å². The minimum absolute atomic E-state index is 0.0217. The Morgan fingerprint density at radius 2 is 1.89 bits per heavy atom. The predicted octanol–water partition coefficient (Wildman–Crippen LogP) is 0.687. The second kappa shape index (κ2) is 4.85. The number of rotatable bonds is 1. The lowest BCUT2D eigenvalue weighted by Gasteiger charge is -2.25. The number of nitrogens with zero attached hydrogens (tertiary/aromatic N) is 1. The summed E-state index contributed by atoms with van der Waals surface area (Å²) >= 11 is 2.97. The van der Waals surface area contributed by atoms with Gasteiger partial charge in [-0.1, -0.05) is 6.07 Å². The number of benzene rings is 1. The van der Waals surface area contributed by atoms with Gasteiger partial charge in [-0.15, -0.1) is 0 Å². The second-order valence-corrected chi connectivity index (χ2v) is 4.53. The topological polar surface area (TPSA) is 66.5 Å². The van der Waals surface area contributed by atoms with Crippen LogP contribution in [0.25, 0.3) is 0 Å². The molecule has 5 nitrogen and oxygen atoms in total. The number of carbonyl (C=O) groups is 3. The molecule has 0 radical (unpaired) electrons. The minimum Gasteiger partial charge on any atom is -0.320 e. The summed E-state index contributed by atoms with van der Waals surface area (Å²) in [6.07, 6.45) is 0. The van der Waals surface area contributed by atoms with Crippen LogP contribution in [-0.2, 0) is 9.59 Å². The van der Waals surface area contributed by atoms with E-state index in [0.29, 0.717) is 0 Å². The van der Waals surface area contributed by atoms with E-state index in [4.69, 9.17) is 0 Å². The van der Waals surface area contributed by atoms with Gasteiger partial charge in [0.25, 0.3) is 5.91 Å². The quantitative estimate of drug-likeness (QED) is 0.775. The smallest absolute Gasteiger partial charge is 0.256 e. The van der Waals surface area contributed by atoms with Crippen molar-refractivity contribution in [3.63, 3.8) is 0 Å². The maximum absolute atomic E-state index is 13.3. The monoisotopic (exact) mass is 314 g/mol. The lowest BCUT2D eigenvalue weighted by Crippen LogP contribution is -2.53. The van der Waals surface area contributed by atoms with Crippen molar-refractivity contribution in [2.24, 2.45) is 0 Å². The number of piperazine rings is 1. The summed E-state index contributed by atoms with van der Waals surface area (Å²) in [5, 5.41) is 2.08. The van der Waals surface area contributed by atoms with Crippen molar-refractivity contribution in [2.75, 3.05) is 13.1 Å². The van der Waals surface area contributed by atoms with Crippen LogP contribution in [-0.4, -0.2) is 35.7 Å². The molecule has 1 aromatic rings. The first-order valence-corrected chi connectivity index (χ1v) is 5.84. The van der Waals surface area contributed by atoms with Crippen LogP contribution in [0.4, 0.5) is 4.39 Å². The van der Waals surface area contributed by atoms with Crippen LogP contribution in [0.15, 0.2) is 22.7 Å². The first kappa shape index (κ1) is 12.7. The van der Waals surface area contributed by atoms with Crippen LogP contribution >= 0.6 is 15.9 Å². The molecule has 0 spiro atoms. The lowest BCUT2D eigenvalue weighted by molar-refractivity contribution is -0.135. The van der Waals surface area contributed by atoms with Crippen LogP contribution < -0.4 is 5.32 Å². The molecule has 0 atom stereocenters. The van der Waals surface area contributed by atoms with E-state index in [9.17, 15) is 18.8 Å². The average Bonchev–Trinajstić information content (AvgIpc) is 2.30. The summed E-state index contributed by atoms with van der Waals surface area (Å²) in [5.41, 5.74) is 0.0810. The zero-order valence-corrected chi connectivity index (χ0v) is 10.7. The normalized spacial score (nSPS) is 15.6. The van der Waals surface area contributed by atoms with E-state index < -0.39 is 23.5 Å². The van der Waals surface area contributed by atoms with Crippen molar-refractivity contribution in [1.82, 2.24) is 10.2 Å². The third-order valence-electron chi connectivity index (χ3n) is 2.42. The van der Waals surface area contributed by atoms with Crippen molar-refractivity contribution >= 4 is 33.7 Å². The van der Waals surface area contributed by atoms with Gasteiger partial charge >= 0.3 is 0 Å². The van der Waals surface area contributed by atoms with Gasteiger partial charge in [0.2, 0.25) is 11.8 Å². The van der Waals surface area contributed by atoms with Crippen molar-refractivity contribution in [1.29, 1.82) is 0 Å². The molecule has 1 aliphatic rings. The third kappa shape index (κ3) is 2.40. The highest BCUT2D eigenvalue weighted by atomic mass is 79.9. The molecule has 1 N–H and O–H groups in total.